The number of carboxylic acid groups (broad SMARTS) is 1. The minimum atomic E-state index is -1.48. The largest absolute Gasteiger partial charge is 0.479 e. The summed E-state index contributed by atoms with van der Waals surface area (Å²) in [6.45, 7) is 9.56. The first-order valence-electron chi connectivity index (χ1n) is 11.0. The molecule has 168 valence electrons. The van der Waals surface area contributed by atoms with Crippen LogP contribution in [0.5, 0.6) is 0 Å². The van der Waals surface area contributed by atoms with E-state index in [2.05, 4.69) is 13.8 Å². The molecule has 3 unspecified atom stereocenters. The van der Waals surface area contributed by atoms with E-state index in [1.165, 1.54) is 19.8 Å². The van der Waals surface area contributed by atoms with Gasteiger partial charge in [-0.2, -0.15) is 0 Å². The van der Waals surface area contributed by atoms with Gasteiger partial charge in [0.1, 0.15) is 12.2 Å². The van der Waals surface area contributed by atoms with Gasteiger partial charge in [0, 0.05) is 0 Å². The number of carbonyl (C=O) groups excluding carboxylic acids is 1. The molecule has 0 radical (unpaired) electrons. The van der Waals surface area contributed by atoms with Crippen molar-refractivity contribution in [1.82, 2.24) is 0 Å². The summed E-state index contributed by atoms with van der Waals surface area (Å²) in [5.41, 5.74) is -1.48. The molecule has 0 aliphatic rings. The fourth-order valence-electron chi connectivity index (χ4n) is 2.83. The van der Waals surface area contributed by atoms with Crippen LogP contribution in [0.3, 0.4) is 0 Å². The van der Waals surface area contributed by atoms with Crippen molar-refractivity contribution in [1.29, 1.82) is 0 Å². The van der Waals surface area contributed by atoms with Crippen molar-refractivity contribution < 1.29 is 29.6 Å². The second kappa shape index (κ2) is 17.9. The Kier molecular flexibility index (Phi) is 18.6. The van der Waals surface area contributed by atoms with Gasteiger partial charge in [-0.3, -0.25) is 0 Å². The van der Waals surface area contributed by atoms with Crippen LogP contribution >= 0.6 is 0 Å². The predicted molar refractivity (Wildman–Crippen MR) is 112 cm³/mol. The summed E-state index contributed by atoms with van der Waals surface area (Å²) >= 11 is 0. The van der Waals surface area contributed by atoms with Gasteiger partial charge in [0.25, 0.3) is 0 Å². The van der Waals surface area contributed by atoms with Crippen LogP contribution in [0.15, 0.2) is 0 Å². The molecular weight excluding hydrogens is 360 g/mol. The summed E-state index contributed by atoms with van der Waals surface area (Å²) in [5.74, 6) is -1.58. The number of unbranched alkanes of at least 4 members (excludes halogenated alkanes) is 5. The molecule has 0 aliphatic carbocycles. The summed E-state index contributed by atoms with van der Waals surface area (Å²) in [6, 6.07) is 0. The first kappa shape index (κ1) is 29.1. The van der Waals surface area contributed by atoms with E-state index in [1.807, 2.05) is 13.8 Å². The molecule has 0 fully saturated rings. The zero-order valence-corrected chi connectivity index (χ0v) is 18.7. The van der Waals surface area contributed by atoms with Gasteiger partial charge in [-0.25, -0.2) is 9.59 Å². The van der Waals surface area contributed by atoms with E-state index in [-0.39, 0.29) is 6.10 Å². The van der Waals surface area contributed by atoms with E-state index in [0.29, 0.717) is 19.3 Å². The second-order valence-electron chi connectivity index (χ2n) is 7.54. The molecule has 0 bridgehead atoms. The molecule has 0 saturated carbocycles. The highest BCUT2D eigenvalue weighted by atomic mass is 16.6. The van der Waals surface area contributed by atoms with Crippen molar-refractivity contribution in [3.8, 4) is 0 Å². The number of aliphatic hydroxyl groups excluding tert-OH is 1. The van der Waals surface area contributed by atoms with Crippen LogP contribution in [0, 0.1) is 0 Å². The average Bonchev–Trinajstić information content (AvgIpc) is 2.65. The Labute approximate surface area is 171 Å². The molecule has 0 aromatic rings. The number of rotatable bonds is 15. The Bertz CT molecular complexity index is 394. The SMILES string of the molecule is CCCCCC(CC)OC(=O)C(C)O.CCCCCCC(O)(CCC)C(=O)O. The Morgan fingerprint density at radius 1 is 0.893 bits per heavy atom. The van der Waals surface area contributed by atoms with Crippen LogP contribution in [-0.4, -0.2) is 45.1 Å². The zero-order chi connectivity index (χ0) is 22.0. The minimum absolute atomic E-state index is 0.0244. The van der Waals surface area contributed by atoms with Crippen LogP contribution < -0.4 is 0 Å². The van der Waals surface area contributed by atoms with Gasteiger partial charge in [0.2, 0.25) is 0 Å². The van der Waals surface area contributed by atoms with Crippen molar-refractivity contribution in [2.24, 2.45) is 0 Å². The molecule has 3 N–H and O–H groups in total. The lowest BCUT2D eigenvalue weighted by Gasteiger charge is -2.22. The summed E-state index contributed by atoms with van der Waals surface area (Å²) in [4.78, 5) is 21.9. The predicted octanol–water partition coefficient (Wildman–Crippen LogP) is 4.84. The Morgan fingerprint density at radius 2 is 1.46 bits per heavy atom. The van der Waals surface area contributed by atoms with Gasteiger partial charge in [-0.1, -0.05) is 66.2 Å². The van der Waals surface area contributed by atoms with Gasteiger partial charge in [-0.05, 0) is 45.4 Å². The summed E-state index contributed by atoms with van der Waals surface area (Å²) in [5, 5.41) is 27.6. The van der Waals surface area contributed by atoms with Crippen LogP contribution in [0.1, 0.15) is 112 Å². The molecule has 0 heterocycles. The van der Waals surface area contributed by atoms with E-state index in [4.69, 9.17) is 14.9 Å². The van der Waals surface area contributed by atoms with Crippen molar-refractivity contribution in [3.63, 3.8) is 0 Å². The molecule has 0 aliphatic heterocycles. The van der Waals surface area contributed by atoms with Gasteiger partial charge in [-0.15, -0.1) is 0 Å². The smallest absolute Gasteiger partial charge is 0.335 e. The van der Waals surface area contributed by atoms with Crippen molar-refractivity contribution in [2.45, 2.75) is 129 Å². The van der Waals surface area contributed by atoms with E-state index in [0.717, 1.165) is 44.9 Å². The third-order valence-corrected chi connectivity index (χ3v) is 4.71. The molecule has 0 aromatic carbocycles. The van der Waals surface area contributed by atoms with Crippen molar-refractivity contribution in [2.75, 3.05) is 0 Å². The number of hydrogen-bond acceptors (Lipinski definition) is 5. The van der Waals surface area contributed by atoms with E-state index < -0.39 is 23.6 Å². The van der Waals surface area contributed by atoms with Crippen molar-refractivity contribution in [3.05, 3.63) is 0 Å². The molecule has 0 spiro atoms. The number of carbonyl (C=O) groups is 2. The number of aliphatic carboxylic acids is 1. The molecule has 0 amide bonds. The molecule has 6 nitrogen and oxygen atoms in total. The fraction of sp³-hybridized carbons (Fsp3) is 0.909. The molecule has 3 atom stereocenters. The normalized spacial score (nSPS) is 15.0. The van der Waals surface area contributed by atoms with Crippen molar-refractivity contribution >= 4 is 11.9 Å². The van der Waals surface area contributed by atoms with Crippen LogP contribution in [0.25, 0.3) is 0 Å². The van der Waals surface area contributed by atoms with Crippen LogP contribution in [-0.2, 0) is 14.3 Å². The quantitative estimate of drug-likeness (QED) is 0.266. The summed E-state index contributed by atoms with van der Waals surface area (Å²) in [6.07, 6.45) is 9.62. The van der Waals surface area contributed by atoms with E-state index in [1.54, 1.807) is 0 Å². The second-order valence-corrected chi connectivity index (χ2v) is 7.54. The number of ether oxygens (including phenoxy) is 1. The highest BCUT2D eigenvalue weighted by Crippen LogP contribution is 2.21. The highest BCUT2D eigenvalue weighted by Gasteiger charge is 2.33. The first-order valence-corrected chi connectivity index (χ1v) is 11.0. The number of hydrogen-bond donors (Lipinski definition) is 3. The Hall–Kier alpha value is -1.14. The number of aliphatic hydroxyl groups is 2. The number of carboxylic acids is 1. The van der Waals surface area contributed by atoms with E-state index in [9.17, 15) is 14.7 Å². The lowest BCUT2D eigenvalue weighted by atomic mass is 9.91. The summed E-state index contributed by atoms with van der Waals surface area (Å²) < 4.78 is 5.12. The van der Waals surface area contributed by atoms with E-state index >= 15 is 0 Å². The van der Waals surface area contributed by atoms with Crippen LogP contribution in [0.2, 0.25) is 0 Å². The lowest BCUT2D eigenvalue weighted by Crippen LogP contribution is -2.38. The fourth-order valence-corrected chi connectivity index (χ4v) is 2.83. The zero-order valence-electron chi connectivity index (χ0n) is 18.7. The number of esters is 1. The topological polar surface area (TPSA) is 104 Å². The highest BCUT2D eigenvalue weighted by molar-refractivity contribution is 5.76. The van der Waals surface area contributed by atoms with Gasteiger partial charge in [0.05, 0.1) is 0 Å². The third kappa shape index (κ3) is 14.9. The van der Waals surface area contributed by atoms with Gasteiger partial charge >= 0.3 is 11.9 Å². The molecule has 0 rings (SSSR count). The van der Waals surface area contributed by atoms with Crippen LogP contribution in [0.4, 0.5) is 0 Å². The van der Waals surface area contributed by atoms with Gasteiger partial charge in [0.15, 0.2) is 5.60 Å². The molecular formula is C22H44O6. The maximum atomic E-state index is 11.1. The maximum Gasteiger partial charge on any atom is 0.335 e. The first-order chi connectivity index (χ1) is 13.2. The molecule has 0 saturated heterocycles. The molecule has 6 heteroatoms. The van der Waals surface area contributed by atoms with Gasteiger partial charge < -0.3 is 20.1 Å². The third-order valence-electron chi connectivity index (χ3n) is 4.71. The molecule has 28 heavy (non-hydrogen) atoms. The minimum Gasteiger partial charge on any atom is -0.479 e. The standard InChI is InChI=1S/2C11H22O3/c1-4-6-7-8-10(5-2)14-11(13)9(3)12;1-3-5-6-7-9-11(14,8-4-2)10(12)13/h9-10,12H,4-8H2,1-3H3;14H,3-9H2,1-2H3,(H,12,13). The molecule has 0 aromatic heterocycles. The average molecular weight is 405 g/mol. The summed E-state index contributed by atoms with van der Waals surface area (Å²) in [7, 11) is 0. The lowest BCUT2D eigenvalue weighted by molar-refractivity contribution is -0.160. The Morgan fingerprint density at radius 3 is 1.89 bits per heavy atom. The monoisotopic (exact) mass is 404 g/mol. The maximum absolute atomic E-state index is 11.1. The Balaban J connectivity index is 0.